The minimum Gasteiger partial charge on any atom is -0.708 e. The van der Waals surface area contributed by atoms with Crippen LogP contribution in [-0.4, -0.2) is 22.1 Å². The van der Waals surface area contributed by atoms with E-state index in [4.69, 9.17) is 20.9 Å². The van der Waals surface area contributed by atoms with Gasteiger partial charge in [0.2, 0.25) is 5.95 Å². The Labute approximate surface area is 121 Å². The molecule has 0 unspecified atom stereocenters. The zero-order valence-electron chi connectivity index (χ0n) is 11.9. The number of hydrogen-bond acceptors (Lipinski definition) is 8. The fourth-order valence-corrected chi connectivity index (χ4v) is 1.63. The Bertz CT molecular complexity index is 662. The first-order valence-electron chi connectivity index (χ1n) is 6.16. The Morgan fingerprint density at radius 3 is 2.57 bits per heavy atom. The van der Waals surface area contributed by atoms with Crippen LogP contribution in [0.15, 0.2) is 12.4 Å². The maximum atomic E-state index is 11.7. The highest BCUT2D eigenvalue weighted by atomic mass is 16.6. The highest BCUT2D eigenvalue weighted by molar-refractivity contribution is 5.49. The molecule has 0 aliphatic rings. The number of rotatable bonds is 4. The van der Waals surface area contributed by atoms with Crippen LogP contribution >= 0.6 is 0 Å². The second-order valence-electron chi connectivity index (χ2n) is 4.55. The Morgan fingerprint density at radius 2 is 2.00 bits per heavy atom. The molecule has 21 heavy (non-hydrogen) atoms. The molecule has 2 aromatic rings. The number of methoxy groups -OCH3 is 1. The number of aromatic nitrogens is 4. The summed E-state index contributed by atoms with van der Waals surface area (Å²) in [6.45, 7) is 3.80. The molecule has 0 aliphatic carbocycles. The fourth-order valence-electron chi connectivity index (χ4n) is 1.63. The van der Waals surface area contributed by atoms with E-state index in [1.165, 1.54) is 19.5 Å². The molecule has 9 heteroatoms. The molecule has 9 nitrogen and oxygen atoms in total. The topological polar surface area (TPSA) is 136 Å². The average Bonchev–Trinajstić information content (AvgIpc) is 2.42. The van der Waals surface area contributed by atoms with Crippen LogP contribution in [0.1, 0.15) is 25.3 Å². The molecule has 2 heterocycles. The van der Waals surface area contributed by atoms with E-state index in [2.05, 4.69) is 15.0 Å². The summed E-state index contributed by atoms with van der Waals surface area (Å²) < 4.78 is 11.0. The van der Waals surface area contributed by atoms with Crippen LogP contribution in [0.2, 0.25) is 0 Å². The molecule has 0 saturated heterocycles. The van der Waals surface area contributed by atoms with E-state index in [1.807, 2.05) is 13.8 Å². The second kappa shape index (κ2) is 5.65. The predicted octanol–water partition coefficient (Wildman–Crippen LogP) is 0.594. The molecule has 4 N–H and O–H groups in total. The summed E-state index contributed by atoms with van der Waals surface area (Å²) >= 11 is 0. The number of hydrogen-bond donors (Lipinski definition) is 2. The maximum absolute atomic E-state index is 11.7. The van der Waals surface area contributed by atoms with Crippen LogP contribution in [0.3, 0.4) is 0 Å². The van der Waals surface area contributed by atoms with Crippen molar-refractivity contribution >= 4 is 11.8 Å². The monoisotopic (exact) mass is 292 g/mol. The van der Waals surface area contributed by atoms with Crippen molar-refractivity contribution in [3.05, 3.63) is 23.2 Å². The second-order valence-corrected chi connectivity index (χ2v) is 4.55. The zero-order chi connectivity index (χ0) is 15.6. The van der Waals surface area contributed by atoms with Crippen molar-refractivity contribution in [1.82, 2.24) is 15.0 Å². The van der Waals surface area contributed by atoms with Crippen LogP contribution in [-0.2, 0) is 0 Å². The number of anilines is 2. The van der Waals surface area contributed by atoms with Gasteiger partial charge in [0.15, 0.2) is 11.6 Å². The molecule has 0 spiro atoms. The molecule has 0 aliphatic heterocycles. The van der Waals surface area contributed by atoms with E-state index in [1.54, 1.807) is 0 Å². The summed E-state index contributed by atoms with van der Waals surface area (Å²) in [5, 5.41) is 11.7. The quantitative estimate of drug-likeness (QED) is 0.617. The Kier molecular flexibility index (Phi) is 3.92. The largest absolute Gasteiger partial charge is 0.708 e. The molecular weight excluding hydrogens is 276 g/mol. The van der Waals surface area contributed by atoms with Crippen molar-refractivity contribution in [3.63, 3.8) is 0 Å². The molecule has 2 rings (SSSR count). The minimum atomic E-state index is -0.135. The van der Waals surface area contributed by atoms with Gasteiger partial charge >= 0.3 is 11.9 Å². The van der Waals surface area contributed by atoms with Gasteiger partial charge in [0.05, 0.1) is 18.9 Å². The predicted molar refractivity (Wildman–Crippen MR) is 74.8 cm³/mol. The molecule has 0 atom stereocenters. The first-order chi connectivity index (χ1) is 9.92. The van der Waals surface area contributed by atoms with Gasteiger partial charge in [-0.2, -0.15) is 4.98 Å². The summed E-state index contributed by atoms with van der Waals surface area (Å²) in [7, 11) is 1.34. The van der Waals surface area contributed by atoms with E-state index in [0.29, 0.717) is 10.3 Å². The van der Waals surface area contributed by atoms with Gasteiger partial charge in [-0.3, -0.25) is 0 Å². The van der Waals surface area contributed by atoms with Gasteiger partial charge in [0, 0.05) is 4.98 Å². The average molecular weight is 292 g/mol. The third-order valence-electron chi connectivity index (χ3n) is 2.70. The summed E-state index contributed by atoms with van der Waals surface area (Å²) in [6.07, 6.45) is 2.69. The molecule has 0 amide bonds. The van der Waals surface area contributed by atoms with Gasteiger partial charge in [-0.25, -0.2) is 9.71 Å². The van der Waals surface area contributed by atoms with Crippen molar-refractivity contribution in [2.24, 2.45) is 0 Å². The van der Waals surface area contributed by atoms with Crippen LogP contribution in [0.5, 0.6) is 17.6 Å². The molecule has 2 aromatic heterocycles. The van der Waals surface area contributed by atoms with Crippen LogP contribution in [0.25, 0.3) is 0 Å². The van der Waals surface area contributed by atoms with E-state index in [0.717, 1.165) is 0 Å². The van der Waals surface area contributed by atoms with Crippen molar-refractivity contribution in [2.45, 2.75) is 19.8 Å². The van der Waals surface area contributed by atoms with Gasteiger partial charge in [-0.1, -0.05) is 13.8 Å². The van der Waals surface area contributed by atoms with Gasteiger partial charge < -0.3 is 26.1 Å². The summed E-state index contributed by atoms with van der Waals surface area (Å²) in [4.78, 5) is 11.6. The smallest absolute Gasteiger partial charge is 0.505 e. The zero-order valence-corrected chi connectivity index (χ0v) is 11.9. The first-order valence-corrected chi connectivity index (χ1v) is 6.16. The Balaban J connectivity index is 2.46. The lowest BCUT2D eigenvalue weighted by Gasteiger charge is -2.12. The molecule has 0 fully saturated rings. The standard InChI is InChI=1S/C12H16N6O3/c1-6(2)7-5-18(19)12(20-3)17-10(7)21-8-4-15-11(14)16-9(8)13/h4-6H,1-3H3,(H4,13,14,15,16). The lowest BCUT2D eigenvalue weighted by atomic mass is 10.1. The first kappa shape index (κ1) is 14.6. The van der Waals surface area contributed by atoms with Crippen molar-refractivity contribution < 1.29 is 14.2 Å². The maximum Gasteiger partial charge on any atom is 0.505 e. The van der Waals surface area contributed by atoms with Crippen LogP contribution < -0.4 is 25.7 Å². The third-order valence-corrected chi connectivity index (χ3v) is 2.70. The number of nitrogens with two attached hydrogens (primary N) is 2. The van der Waals surface area contributed by atoms with Gasteiger partial charge in [0.25, 0.3) is 0 Å². The molecular formula is C12H16N6O3. The van der Waals surface area contributed by atoms with E-state index in [-0.39, 0.29) is 35.3 Å². The van der Waals surface area contributed by atoms with Gasteiger partial charge in [0.1, 0.15) is 6.20 Å². The minimum absolute atomic E-state index is 0.00882. The van der Waals surface area contributed by atoms with Crippen LogP contribution in [0, 0.1) is 5.21 Å². The molecule has 0 aromatic carbocycles. The normalized spacial score (nSPS) is 10.7. The number of ether oxygens (including phenoxy) is 2. The summed E-state index contributed by atoms with van der Waals surface area (Å²) in [5.74, 6) is 0.532. The molecule has 0 bridgehead atoms. The van der Waals surface area contributed by atoms with Gasteiger partial charge in [-0.05, 0) is 5.92 Å². The fraction of sp³-hybridized carbons (Fsp3) is 0.333. The highest BCUT2D eigenvalue weighted by Gasteiger charge is 2.23. The molecule has 0 saturated carbocycles. The van der Waals surface area contributed by atoms with Gasteiger partial charge in [-0.15, -0.1) is 0 Å². The molecule has 112 valence electrons. The lowest BCUT2D eigenvalue weighted by molar-refractivity contribution is -0.616. The summed E-state index contributed by atoms with van der Waals surface area (Å²) in [6, 6.07) is -0.135. The Morgan fingerprint density at radius 1 is 1.29 bits per heavy atom. The Hall–Kier alpha value is -2.84. The van der Waals surface area contributed by atoms with E-state index >= 15 is 0 Å². The highest BCUT2D eigenvalue weighted by Crippen LogP contribution is 2.30. The SMILES string of the molecule is COc1nc(Oc2cnc(N)nc2N)c(C(C)C)c[n+]1[O-]. The number of nitrogen functional groups attached to an aromatic ring is 2. The van der Waals surface area contributed by atoms with E-state index < -0.39 is 0 Å². The van der Waals surface area contributed by atoms with E-state index in [9.17, 15) is 5.21 Å². The lowest BCUT2D eigenvalue weighted by Crippen LogP contribution is -2.30. The van der Waals surface area contributed by atoms with Crippen molar-refractivity contribution in [2.75, 3.05) is 18.6 Å². The molecule has 0 radical (unpaired) electrons. The van der Waals surface area contributed by atoms with Crippen molar-refractivity contribution in [1.29, 1.82) is 0 Å². The summed E-state index contributed by atoms with van der Waals surface area (Å²) in [5.41, 5.74) is 11.7. The number of nitrogens with zero attached hydrogens (tertiary/aromatic N) is 4. The van der Waals surface area contributed by atoms with Crippen molar-refractivity contribution in [3.8, 4) is 17.6 Å². The van der Waals surface area contributed by atoms with Crippen LogP contribution in [0.4, 0.5) is 11.8 Å². The third kappa shape index (κ3) is 3.02.